The van der Waals surface area contributed by atoms with Crippen LogP contribution in [0.4, 0.5) is 11.4 Å². The number of hydrogen-bond acceptors (Lipinski definition) is 3. The smallest absolute Gasteiger partial charge is 0.242 e. The van der Waals surface area contributed by atoms with Gasteiger partial charge in [0.2, 0.25) is 11.8 Å². The zero-order valence-electron chi connectivity index (χ0n) is 17.6. The summed E-state index contributed by atoms with van der Waals surface area (Å²) in [5, 5.41) is 0. The minimum Gasteiger partial charge on any atom is -0.336 e. The van der Waals surface area contributed by atoms with Gasteiger partial charge in [0.15, 0.2) is 0 Å². The van der Waals surface area contributed by atoms with Gasteiger partial charge in [0.25, 0.3) is 0 Å². The average molecular weight is 402 g/mol. The SMILES string of the molecule is Cc1cc2c(cc1C)N(CC(=O)N1CCc3ccccc3C1)C(=O)C1CCCC1=N2. The first kappa shape index (κ1) is 19.0. The molecule has 1 atom stereocenters. The van der Waals surface area contributed by atoms with E-state index in [2.05, 4.69) is 25.1 Å². The van der Waals surface area contributed by atoms with Gasteiger partial charge in [-0.3, -0.25) is 14.6 Å². The molecule has 2 aromatic rings. The molecule has 5 rings (SSSR count). The van der Waals surface area contributed by atoms with Crippen molar-refractivity contribution in [1.82, 2.24) is 4.90 Å². The maximum Gasteiger partial charge on any atom is 0.242 e. The number of hydrogen-bond donors (Lipinski definition) is 0. The second-order valence-corrected chi connectivity index (χ2v) is 8.73. The van der Waals surface area contributed by atoms with Crippen molar-refractivity contribution in [1.29, 1.82) is 0 Å². The minimum absolute atomic E-state index is 0.00322. The molecule has 0 spiro atoms. The van der Waals surface area contributed by atoms with Crippen molar-refractivity contribution in [3.63, 3.8) is 0 Å². The summed E-state index contributed by atoms with van der Waals surface area (Å²) < 4.78 is 0. The van der Waals surface area contributed by atoms with E-state index in [0.717, 1.165) is 53.9 Å². The molecule has 1 fully saturated rings. The van der Waals surface area contributed by atoms with E-state index in [9.17, 15) is 9.59 Å². The molecule has 0 saturated heterocycles. The summed E-state index contributed by atoms with van der Waals surface area (Å²) in [6, 6.07) is 12.4. The second-order valence-electron chi connectivity index (χ2n) is 8.73. The number of fused-ring (bicyclic) bond motifs is 3. The summed E-state index contributed by atoms with van der Waals surface area (Å²) in [7, 11) is 0. The number of aryl methyl sites for hydroxylation is 2. The summed E-state index contributed by atoms with van der Waals surface area (Å²) in [4.78, 5) is 35.2. The fourth-order valence-corrected chi connectivity index (χ4v) is 4.89. The number of anilines is 1. The molecule has 1 aliphatic carbocycles. The highest BCUT2D eigenvalue weighted by Gasteiger charge is 2.38. The molecule has 0 aromatic heterocycles. The van der Waals surface area contributed by atoms with E-state index in [1.807, 2.05) is 30.0 Å². The molecule has 0 radical (unpaired) electrons. The number of nitrogens with zero attached hydrogens (tertiary/aromatic N) is 3. The highest BCUT2D eigenvalue weighted by atomic mass is 16.2. The lowest BCUT2D eigenvalue weighted by atomic mass is 10.00. The molecule has 30 heavy (non-hydrogen) atoms. The summed E-state index contributed by atoms with van der Waals surface area (Å²) in [5.74, 6) is -0.157. The Balaban J connectivity index is 1.46. The van der Waals surface area contributed by atoms with Crippen molar-refractivity contribution < 1.29 is 9.59 Å². The third-order valence-electron chi connectivity index (χ3n) is 6.81. The number of carbonyl (C=O) groups is 2. The summed E-state index contributed by atoms with van der Waals surface area (Å²) in [5.41, 5.74) is 7.35. The first-order valence-electron chi connectivity index (χ1n) is 10.9. The van der Waals surface area contributed by atoms with Gasteiger partial charge < -0.3 is 9.80 Å². The van der Waals surface area contributed by atoms with Crippen LogP contribution in [-0.4, -0.2) is 35.5 Å². The van der Waals surface area contributed by atoms with Crippen molar-refractivity contribution in [2.75, 3.05) is 18.0 Å². The first-order valence-corrected chi connectivity index (χ1v) is 10.9. The van der Waals surface area contributed by atoms with Gasteiger partial charge in [0.05, 0.1) is 17.3 Å². The van der Waals surface area contributed by atoms with Crippen LogP contribution in [0.25, 0.3) is 0 Å². The average Bonchev–Trinajstić information content (AvgIpc) is 3.18. The molecule has 0 N–H and O–H groups in total. The van der Waals surface area contributed by atoms with E-state index < -0.39 is 0 Å². The Morgan fingerprint density at radius 1 is 1.10 bits per heavy atom. The normalized spacial score (nSPS) is 20.3. The Labute approximate surface area is 177 Å². The van der Waals surface area contributed by atoms with Gasteiger partial charge in [-0.1, -0.05) is 24.3 Å². The fourth-order valence-electron chi connectivity index (χ4n) is 4.89. The highest BCUT2D eigenvalue weighted by molar-refractivity contribution is 6.16. The summed E-state index contributed by atoms with van der Waals surface area (Å²) in [6.45, 7) is 5.50. The van der Waals surface area contributed by atoms with Gasteiger partial charge in [0.1, 0.15) is 6.54 Å². The standard InChI is InChI=1S/C25H27N3O2/c1-16-12-22-23(13-17(16)2)28(25(30)20-8-5-9-21(20)26-22)15-24(29)27-11-10-18-6-3-4-7-19(18)14-27/h3-4,6-7,12-13,20H,5,8-11,14-15H2,1-2H3. The van der Waals surface area contributed by atoms with Gasteiger partial charge in [0, 0.05) is 18.8 Å². The molecule has 2 aliphatic heterocycles. The molecule has 2 aromatic carbocycles. The van der Waals surface area contributed by atoms with Crippen molar-refractivity contribution in [3.8, 4) is 0 Å². The van der Waals surface area contributed by atoms with Crippen molar-refractivity contribution in [2.45, 2.75) is 46.1 Å². The number of amides is 2. The lowest BCUT2D eigenvalue weighted by Crippen LogP contribution is -2.46. The molecule has 5 nitrogen and oxygen atoms in total. The minimum atomic E-state index is -0.187. The van der Waals surface area contributed by atoms with Gasteiger partial charge >= 0.3 is 0 Å². The fraction of sp³-hybridized carbons (Fsp3) is 0.400. The quantitative estimate of drug-likeness (QED) is 0.761. The molecule has 5 heteroatoms. The van der Waals surface area contributed by atoms with Crippen LogP contribution in [0.15, 0.2) is 41.4 Å². The molecule has 0 bridgehead atoms. The highest BCUT2D eigenvalue weighted by Crippen LogP contribution is 2.39. The predicted octanol–water partition coefficient (Wildman–Crippen LogP) is 4.11. The Bertz CT molecular complexity index is 1070. The topological polar surface area (TPSA) is 53.0 Å². The van der Waals surface area contributed by atoms with Crippen molar-refractivity contribution in [3.05, 3.63) is 58.7 Å². The van der Waals surface area contributed by atoms with Crippen molar-refractivity contribution in [2.24, 2.45) is 10.9 Å². The monoisotopic (exact) mass is 401 g/mol. The largest absolute Gasteiger partial charge is 0.336 e. The molecule has 3 aliphatic rings. The molecule has 2 amide bonds. The van der Waals surface area contributed by atoms with E-state index in [4.69, 9.17) is 4.99 Å². The van der Waals surface area contributed by atoms with E-state index >= 15 is 0 Å². The lowest BCUT2D eigenvalue weighted by Gasteiger charge is -2.32. The van der Waals surface area contributed by atoms with Crippen LogP contribution in [-0.2, 0) is 22.6 Å². The predicted molar refractivity (Wildman–Crippen MR) is 118 cm³/mol. The van der Waals surface area contributed by atoms with Crippen molar-refractivity contribution >= 4 is 28.9 Å². The van der Waals surface area contributed by atoms with Crippen LogP contribution < -0.4 is 4.90 Å². The summed E-state index contributed by atoms with van der Waals surface area (Å²) >= 11 is 0. The van der Waals surface area contributed by atoms with Gasteiger partial charge in [-0.15, -0.1) is 0 Å². The van der Waals surface area contributed by atoms with Crippen LogP contribution in [0.5, 0.6) is 0 Å². The first-order chi connectivity index (χ1) is 14.5. The van der Waals surface area contributed by atoms with E-state index in [0.29, 0.717) is 13.1 Å². The van der Waals surface area contributed by atoms with Gasteiger partial charge in [-0.05, 0) is 73.9 Å². The van der Waals surface area contributed by atoms with E-state index in [1.165, 1.54) is 11.1 Å². The molecule has 1 unspecified atom stereocenters. The zero-order valence-corrected chi connectivity index (χ0v) is 17.6. The Morgan fingerprint density at radius 3 is 2.70 bits per heavy atom. The Kier molecular flexibility index (Phi) is 4.69. The summed E-state index contributed by atoms with van der Waals surface area (Å²) in [6.07, 6.45) is 3.54. The van der Waals surface area contributed by atoms with Gasteiger partial charge in [-0.25, -0.2) is 0 Å². The Hall–Kier alpha value is -2.95. The van der Waals surface area contributed by atoms with Crippen LogP contribution in [0.2, 0.25) is 0 Å². The lowest BCUT2D eigenvalue weighted by molar-refractivity contribution is -0.132. The van der Waals surface area contributed by atoms with E-state index in [1.54, 1.807) is 4.90 Å². The maximum atomic E-state index is 13.5. The Morgan fingerprint density at radius 2 is 1.87 bits per heavy atom. The van der Waals surface area contributed by atoms with Crippen LogP contribution >= 0.6 is 0 Å². The van der Waals surface area contributed by atoms with E-state index in [-0.39, 0.29) is 24.3 Å². The molecule has 154 valence electrons. The number of carbonyl (C=O) groups excluding carboxylic acids is 2. The van der Waals surface area contributed by atoms with Crippen LogP contribution in [0, 0.1) is 19.8 Å². The van der Waals surface area contributed by atoms with Gasteiger partial charge in [-0.2, -0.15) is 0 Å². The van der Waals surface area contributed by atoms with Crippen LogP contribution in [0.3, 0.4) is 0 Å². The number of benzene rings is 2. The maximum absolute atomic E-state index is 13.5. The number of rotatable bonds is 2. The second kappa shape index (κ2) is 7.38. The molecular formula is C25H27N3O2. The number of aliphatic imine (C=N–C) groups is 1. The molecule has 1 saturated carbocycles. The molecule has 2 heterocycles. The molecular weight excluding hydrogens is 374 g/mol. The third kappa shape index (κ3) is 3.22. The third-order valence-corrected chi connectivity index (χ3v) is 6.81. The zero-order chi connectivity index (χ0) is 20.8. The van der Waals surface area contributed by atoms with Crippen LogP contribution in [0.1, 0.15) is 41.5 Å².